The second-order valence-electron chi connectivity index (χ2n) is 7.23. The van der Waals surface area contributed by atoms with Crippen LogP contribution in [0.25, 0.3) is 17.1 Å². The molecular formula is C21H22ClFN6O2. The molecule has 10 heteroatoms. The van der Waals surface area contributed by atoms with Crippen LogP contribution in [-0.4, -0.2) is 44.1 Å². The zero-order valence-corrected chi connectivity index (χ0v) is 17.8. The van der Waals surface area contributed by atoms with Crippen molar-refractivity contribution in [2.75, 3.05) is 18.0 Å². The van der Waals surface area contributed by atoms with Crippen molar-refractivity contribution in [3.8, 4) is 11.4 Å². The minimum atomic E-state index is -0.325. The second kappa shape index (κ2) is 8.89. The van der Waals surface area contributed by atoms with E-state index in [-0.39, 0.29) is 17.1 Å². The fourth-order valence-electron chi connectivity index (χ4n) is 3.43. The summed E-state index contributed by atoms with van der Waals surface area (Å²) in [7, 11) is 0. The maximum Gasteiger partial charge on any atom is 0.330 e. The highest BCUT2D eigenvalue weighted by Gasteiger charge is 2.35. The van der Waals surface area contributed by atoms with Crippen molar-refractivity contribution in [2.24, 2.45) is 0 Å². The van der Waals surface area contributed by atoms with Crippen LogP contribution in [0.1, 0.15) is 37.8 Å². The molecular weight excluding hydrogens is 423 g/mol. The number of nitrogens with zero attached hydrogens (tertiary/aromatic N) is 5. The highest BCUT2D eigenvalue weighted by Crippen LogP contribution is 2.34. The van der Waals surface area contributed by atoms with Crippen LogP contribution < -0.4 is 4.90 Å². The van der Waals surface area contributed by atoms with Gasteiger partial charge >= 0.3 is 6.03 Å². The molecule has 0 atom stereocenters. The van der Waals surface area contributed by atoms with Gasteiger partial charge in [0, 0.05) is 25.1 Å². The summed E-state index contributed by atoms with van der Waals surface area (Å²) in [6.45, 7) is 7.10. The summed E-state index contributed by atoms with van der Waals surface area (Å²) in [5.41, 5.74) is 1.85. The zero-order chi connectivity index (χ0) is 22.0. The summed E-state index contributed by atoms with van der Waals surface area (Å²) in [4.78, 5) is 27.9. The number of hydrogen-bond donors (Lipinski definition) is 1. The molecule has 0 unspecified atom stereocenters. The Labute approximate surface area is 183 Å². The number of amides is 2. The van der Waals surface area contributed by atoms with Crippen LogP contribution in [0.5, 0.6) is 0 Å². The Morgan fingerprint density at radius 3 is 2.65 bits per heavy atom. The number of fused-ring (bicyclic) bond motifs is 1. The number of unbranched alkanes of at least 4 members (excludes halogenated alkanes) is 1. The predicted octanol–water partition coefficient (Wildman–Crippen LogP) is 4.90. The summed E-state index contributed by atoms with van der Waals surface area (Å²) in [6, 6.07) is 5.71. The molecule has 2 amide bonds. The molecule has 1 N–H and O–H groups in total. The third kappa shape index (κ3) is 4.32. The molecule has 3 aromatic rings. The lowest BCUT2D eigenvalue weighted by Gasteiger charge is -2.35. The number of aromatic amines is 1. The van der Waals surface area contributed by atoms with Gasteiger partial charge in [0.1, 0.15) is 11.5 Å². The largest absolute Gasteiger partial charge is 0.339 e. The molecule has 1 aromatic carbocycles. The topological polar surface area (TPSA) is 91.2 Å². The Morgan fingerprint density at radius 1 is 1.16 bits per heavy atom. The molecule has 3 heterocycles. The van der Waals surface area contributed by atoms with E-state index in [1.807, 2.05) is 0 Å². The maximum atomic E-state index is 13.1. The smallest absolute Gasteiger partial charge is 0.330 e. The number of aryl methyl sites for hydroxylation is 1. The van der Waals surface area contributed by atoms with E-state index < -0.39 is 0 Å². The SMILES string of the molecule is C=C1c2[nH]c(Cl)nc2N(CCCC)C(=O)N1CCCc1nc(-c2ccc(F)cc2)no1. The van der Waals surface area contributed by atoms with E-state index in [0.717, 1.165) is 12.8 Å². The number of hydrogen-bond acceptors (Lipinski definition) is 5. The van der Waals surface area contributed by atoms with E-state index in [9.17, 15) is 9.18 Å². The van der Waals surface area contributed by atoms with E-state index in [2.05, 4.69) is 33.6 Å². The Balaban J connectivity index is 1.43. The van der Waals surface area contributed by atoms with Crippen LogP contribution in [0, 0.1) is 5.82 Å². The van der Waals surface area contributed by atoms with E-state index in [1.54, 1.807) is 21.9 Å². The molecule has 162 valence electrons. The number of nitrogens with one attached hydrogen (secondary N) is 1. The first-order valence-corrected chi connectivity index (χ1v) is 10.5. The normalized spacial score (nSPS) is 13.8. The Hall–Kier alpha value is -3.20. The van der Waals surface area contributed by atoms with Crippen LogP contribution in [0.2, 0.25) is 5.28 Å². The van der Waals surface area contributed by atoms with Crippen LogP contribution in [0.4, 0.5) is 15.0 Å². The number of anilines is 1. The second-order valence-corrected chi connectivity index (χ2v) is 7.59. The molecule has 1 aliphatic rings. The zero-order valence-electron chi connectivity index (χ0n) is 17.1. The molecule has 0 saturated heterocycles. The first kappa shape index (κ1) is 21.0. The van der Waals surface area contributed by atoms with Crippen LogP contribution in [0.3, 0.4) is 0 Å². The summed E-state index contributed by atoms with van der Waals surface area (Å²) in [6.07, 6.45) is 2.88. The molecule has 8 nitrogen and oxygen atoms in total. The van der Waals surface area contributed by atoms with Gasteiger partial charge in [0.2, 0.25) is 17.0 Å². The molecule has 4 rings (SSSR count). The molecule has 0 bridgehead atoms. The lowest BCUT2D eigenvalue weighted by molar-refractivity contribution is 0.221. The number of carbonyl (C=O) groups is 1. The average molecular weight is 445 g/mol. The van der Waals surface area contributed by atoms with Crippen molar-refractivity contribution in [3.05, 3.63) is 53.5 Å². The number of aromatic nitrogens is 4. The quantitative estimate of drug-likeness (QED) is 0.533. The molecule has 1 aliphatic heterocycles. The summed E-state index contributed by atoms with van der Waals surface area (Å²) in [5.74, 6) is 1.04. The third-order valence-electron chi connectivity index (χ3n) is 5.07. The van der Waals surface area contributed by atoms with Gasteiger partial charge in [-0.3, -0.25) is 9.80 Å². The number of rotatable bonds is 8. The Morgan fingerprint density at radius 2 is 1.90 bits per heavy atom. The van der Waals surface area contributed by atoms with Crippen LogP contribution in [-0.2, 0) is 6.42 Å². The number of carbonyl (C=O) groups excluding carboxylic acids is 1. The van der Waals surface area contributed by atoms with Gasteiger partial charge in [0.05, 0.1) is 5.70 Å². The lowest BCUT2D eigenvalue weighted by Crippen LogP contribution is -2.47. The van der Waals surface area contributed by atoms with Gasteiger partial charge in [-0.1, -0.05) is 25.1 Å². The fourth-order valence-corrected chi connectivity index (χ4v) is 3.60. The highest BCUT2D eigenvalue weighted by atomic mass is 35.5. The maximum absolute atomic E-state index is 13.1. The molecule has 31 heavy (non-hydrogen) atoms. The van der Waals surface area contributed by atoms with E-state index in [0.29, 0.717) is 60.4 Å². The number of urea groups is 1. The molecule has 0 radical (unpaired) electrons. The number of imidazole rings is 1. The van der Waals surface area contributed by atoms with Crippen molar-refractivity contribution in [3.63, 3.8) is 0 Å². The van der Waals surface area contributed by atoms with Gasteiger partial charge in [-0.05, 0) is 48.7 Å². The average Bonchev–Trinajstić information content (AvgIpc) is 3.38. The summed E-state index contributed by atoms with van der Waals surface area (Å²) < 4.78 is 18.4. The molecule has 0 fully saturated rings. The van der Waals surface area contributed by atoms with Gasteiger partial charge in [0.25, 0.3) is 0 Å². The van der Waals surface area contributed by atoms with Gasteiger partial charge in [-0.25, -0.2) is 9.18 Å². The summed E-state index contributed by atoms with van der Waals surface area (Å²) >= 11 is 6.04. The minimum absolute atomic E-state index is 0.174. The summed E-state index contributed by atoms with van der Waals surface area (Å²) in [5, 5.41) is 4.17. The van der Waals surface area contributed by atoms with Gasteiger partial charge < -0.3 is 9.51 Å². The van der Waals surface area contributed by atoms with E-state index in [4.69, 9.17) is 16.1 Å². The molecule has 0 spiro atoms. The van der Waals surface area contributed by atoms with Crippen molar-refractivity contribution in [2.45, 2.75) is 32.6 Å². The van der Waals surface area contributed by atoms with Crippen molar-refractivity contribution >= 4 is 29.1 Å². The first-order valence-electron chi connectivity index (χ1n) is 10.1. The van der Waals surface area contributed by atoms with E-state index >= 15 is 0 Å². The first-order chi connectivity index (χ1) is 15.0. The van der Waals surface area contributed by atoms with Crippen molar-refractivity contribution in [1.29, 1.82) is 0 Å². The molecule has 0 saturated carbocycles. The standard InChI is InChI=1S/C21H22ClFN6O2/c1-3-4-11-29-19-17(25-20(22)26-19)13(2)28(21(29)30)12-5-6-16-24-18(27-31-16)14-7-9-15(23)10-8-14/h7-10H,2-6,11-12H2,1H3,(H,25,26). The van der Waals surface area contributed by atoms with Crippen LogP contribution >= 0.6 is 11.6 Å². The minimum Gasteiger partial charge on any atom is -0.339 e. The number of H-pyrrole nitrogens is 1. The fraction of sp³-hybridized carbons (Fsp3) is 0.333. The molecule has 2 aromatic heterocycles. The lowest BCUT2D eigenvalue weighted by atomic mass is 10.2. The number of benzene rings is 1. The Bertz CT molecular complexity index is 1090. The highest BCUT2D eigenvalue weighted by molar-refractivity contribution is 6.28. The Kier molecular flexibility index (Phi) is 6.03. The monoisotopic (exact) mass is 444 g/mol. The van der Waals surface area contributed by atoms with Crippen LogP contribution in [0.15, 0.2) is 35.4 Å². The molecule has 0 aliphatic carbocycles. The van der Waals surface area contributed by atoms with Gasteiger partial charge in [0.15, 0.2) is 5.82 Å². The van der Waals surface area contributed by atoms with E-state index in [1.165, 1.54) is 12.1 Å². The predicted molar refractivity (Wildman–Crippen MR) is 115 cm³/mol. The van der Waals surface area contributed by atoms with Crippen molar-refractivity contribution in [1.82, 2.24) is 25.0 Å². The third-order valence-corrected chi connectivity index (χ3v) is 5.24. The van der Waals surface area contributed by atoms with Gasteiger partial charge in [-0.15, -0.1) is 0 Å². The van der Waals surface area contributed by atoms with Gasteiger partial charge in [-0.2, -0.15) is 9.97 Å². The number of halogens is 2. The van der Waals surface area contributed by atoms with Crippen molar-refractivity contribution < 1.29 is 13.7 Å².